The van der Waals surface area contributed by atoms with E-state index in [-0.39, 0.29) is 15.6 Å². The number of amides is 1. The molecule has 1 unspecified atom stereocenters. The van der Waals surface area contributed by atoms with E-state index in [2.05, 4.69) is 5.32 Å². The van der Waals surface area contributed by atoms with E-state index in [1.807, 2.05) is 0 Å². The van der Waals surface area contributed by atoms with E-state index in [0.29, 0.717) is 33.8 Å². The van der Waals surface area contributed by atoms with Crippen LogP contribution in [0.5, 0.6) is 0 Å². The molecule has 0 saturated carbocycles. The van der Waals surface area contributed by atoms with Crippen molar-refractivity contribution in [3.63, 3.8) is 0 Å². The van der Waals surface area contributed by atoms with Crippen molar-refractivity contribution in [2.24, 2.45) is 0 Å². The smallest absolute Gasteiger partial charge is 0.259 e. The molecule has 3 aromatic carbocycles. The van der Waals surface area contributed by atoms with Crippen molar-refractivity contribution in [3.05, 3.63) is 98.7 Å². The van der Waals surface area contributed by atoms with Gasteiger partial charge in [0.25, 0.3) is 5.91 Å². The maximum absolute atomic E-state index is 13.8. The first-order valence-corrected chi connectivity index (χ1v) is 10.7. The summed E-state index contributed by atoms with van der Waals surface area (Å²) in [6, 6.07) is 18.8. The molecular weight excluding hydrogens is 471 g/mol. The maximum atomic E-state index is 13.8. The average Bonchev–Trinajstić information content (AvgIpc) is 3.06. The number of aliphatic hydroxyl groups is 1. The van der Waals surface area contributed by atoms with Gasteiger partial charge in [-0.25, -0.2) is 0 Å². The van der Waals surface area contributed by atoms with Crippen LogP contribution in [-0.2, 0) is 15.1 Å². The van der Waals surface area contributed by atoms with Crippen molar-refractivity contribution >= 4 is 63.9 Å². The number of likely N-dealkylation sites (N-methyl/N-ethyl adjacent to an activating group) is 1. The predicted molar refractivity (Wildman–Crippen MR) is 129 cm³/mol. The van der Waals surface area contributed by atoms with Crippen molar-refractivity contribution < 1.29 is 14.7 Å². The Labute approximate surface area is 199 Å². The van der Waals surface area contributed by atoms with Crippen LogP contribution in [0.2, 0.25) is 15.1 Å². The van der Waals surface area contributed by atoms with Crippen LogP contribution in [0.15, 0.2) is 72.5 Å². The number of hydrogen-bond donors (Lipinski definition) is 2. The zero-order valence-corrected chi connectivity index (χ0v) is 19.0. The fourth-order valence-electron chi connectivity index (χ4n) is 4.12. The van der Waals surface area contributed by atoms with E-state index in [0.717, 1.165) is 0 Å². The summed E-state index contributed by atoms with van der Waals surface area (Å²) in [5.41, 5.74) is 0.377. The average molecular weight is 488 g/mol. The summed E-state index contributed by atoms with van der Waals surface area (Å²) in [6.07, 6.45) is 0.318. The molecule has 1 aliphatic rings. The standard InChI is InChI=1S/C24H17Cl3N2O3/c1-29(16-9-5-8-15(25)10-16)24(22(21(31)13-30)14-6-3-2-4-7-14)17-11-18(26)19(27)12-20(17)28-23(24)32/h2-13,31H,1H3,(H,28,32)/b22-21+. The minimum Gasteiger partial charge on any atom is -0.504 e. The number of nitrogens with zero attached hydrogens (tertiary/aromatic N) is 1. The number of halogens is 3. The third-order valence-corrected chi connectivity index (χ3v) is 6.47. The molecule has 1 heterocycles. The number of aliphatic hydroxyl groups excluding tert-OH is 1. The summed E-state index contributed by atoms with van der Waals surface area (Å²) >= 11 is 18.8. The second kappa shape index (κ2) is 8.51. The van der Waals surface area contributed by atoms with E-state index in [9.17, 15) is 14.7 Å². The molecule has 0 fully saturated rings. The fourth-order valence-corrected chi connectivity index (χ4v) is 4.63. The summed E-state index contributed by atoms with van der Waals surface area (Å²) in [5.74, 6) is -1.07. The minimum atomic E-state index is -1.65. The van der Waals surface area contributed by atoms with Crippen molar-refractivity contribution in [2.45, 2.75) is 5.54 Å². The van der Waals surface area contributed by atoms with E-state index in [1.165, 1.54) is 0 Å². The van der Waals surface area contributed by atoms with Crippen molar-refractivity contribution in [2.75, 3.05) is 17.3 Å². The highest BCUT2D eigenvalue weighted by atomic mass is 35.5. The number of benzene rings is 3. The van der Waals surface area contributed by atoms with E-state index in [1.54, 1.807) is 78.7 Å². The largest absolute Gasteiger partial charge is 0.504 e. The zero-order chi connectivity index (χ0) is 23.0. The van der Waals surface area contributed by atoms with Gasteiger partial charge < -0.3 is 15.3 Å². The van der Waals surface area contributed by atoms with Crippen LogP contribution in [0.25, 0.3) is 5.57 Å². The second-order valence-electron chi connectivity index (χ2n) is 7.26. The molecule has 0 bridgehead atoms. The first-order valence-electron chi connectivity index (χ1n) is 9.55. The first kappa shape index (κ1) is 22.2. The number of allylic oxidation sites excluding steroid dienone is 1. The predicted octanol–water partition coefficient (Wildman–Crippen LogP) is 6.10. The molecule has 8 heteroatoms. The molecule has 0 radical (unpaired) electrons. The maximum Gasteiger partial charge on any atom is 0.259 e. The van der Waals surface area contributed by atoms with Crippen molar-refractivity contribution in [1.82, 2.24) is 0 Å². The molecule has 0 aromatic heterocycles. The van der Waals surface area contributed by atoms with Gasteiger partial charge in [0.2, 0.25) is 0 Å². The van der Waals surface area contributed by atoms with E-state index >= 15 is 0 Å². The van der Waals surface area contributed by atoms with Crippen LogP contribution < -0.4 is 10.2 Å². The number of rotatable bonds is 5. The molecule has 0 saturated heterocycles. The molecular formula is C24H17Cl3N2O3. The number of anilines is 2. The molecule has 3 aromatic rings. The van der Waals surface area contributed by atoms with Gasteiger partial charge in [-0.2, -0.15) is 0 Å². The quantitative estimate of drug-likeness (QED) is 0.259. The molecule has 162 valence electrons. The number of carbonyl (C=O) groups excluding carboxylic acids is 2. The third kappa shape index (κ3) is 3.43. The topological polar surface area (TPSA) is 69.6 Å². The highest BCUT2D eigenvalue weighted by Crippen LogP contribution is 2.52. The van der Waals surface area contributed by atoms with Gasteiger partial charge >= 0.3 is 0 Å². The van der Waals surface area contributed by atoms with Gasteiger partial charge in [-0.1, -0.05) is 71.2 Å². The number of hydrogen-bond acceptors (Lipinski definition) is 4. The lowest BCUT2D eigenvalue weighted by Crippen LogP contribution is -2.51. The summed E-state index contributed by atoms with van der Waals surface area (Å²) in [4.78, 5) is 27.3. The fraction of sp³-hybridized carbons (Fsp3) is 0.0833. The monoisotopic (exact) mass is 486 g/mol. The van der Waals surface area contributed by atoms with Crippen LogP contribution >= 0.6 is 34.8 Å². The lowest BCUT2D eigenvalue weighted by molar-refractivity contribution is -0.119. The Morgan fingerprint density at radius 1 is 1.00 bits per heavy atom. The van der Waals surface area contributed by atoms with Gasteiger partial charge in [0.05, 0.1) is 10.0 Å². The van der Waals surface area contributed by atoms with Crippen molar-refractivity contribution in [1.29, 1.82) is 0 Å². The Hall–Kier alpha value is -2.99. The summed E-state index contributed by atoms with van der Waals surface area (Å²) in [7, 11) is 1.68. The van der Waals surface area contributed by atoms with Gasteiger partial charge in [0.15, 0.2) is 17.6 Å². The molecule has 4 rings (SSSR count). The van der Waals surface area contributed by atoms with Crippen LogP contribution in [0, 0.1) is 0 Å². The Balaban J connectivity index is 2.13. The minimum absolute atomic E-state index is 0.102. The summed E-state index contributed by atoms with van der Waals surface area (Å²) < 4.78 is 0. The van der Waals surface area contributed by atoms with Crippen LogP contribution in [0.4, 0.5) is 11.4 Å². The van der Waals surface area contributed by atoms with E-state index < -0.39 is 17.2 Å². The molecule has 0 spiro atoms. The SMILES string of the molecule is CN(c1cccc(Cl)c1)C1(/C(=C(/O)C=O)c2ccccc2)C(=O)Nc2cc(Cl)c(Cl)cc21. The molecule has 0 aliphatic carbocycles. The number of nitrogens with one attached hydrogen (secondary N) is 1. The lowest BCUT2D eigenvalue weighted by Gasteiger charge is -2.41. The normalized spacial score (nSPS) is 17.9. The molecule has 32 heavy (non-hydrogen) atoms. The molecule has 2 N–H and O–H groups in total. The summed E-state index contributed by atoms with van der Waals surface area (Å²) in [5, 5.41) is 14.6. The molecule has 5 nitrogen and oxygen atoms in total. The molecule has 1 atom stereocenters. The first-order chi connectivity index (χ1) is 15.3. The molecule has 1 amide bonds. The lowest BCUT2D eigenvalue weighted by atomic mass is 9.77. The van der Waals surface area contributed by atoms with E-state index in [4.69, 9.17) is 34.8 Å². The second-order valence-corrected chi connectivity index (χ2v) is 8.51. The Morgan fingerprint density at radius 2 is 1.69 bits per heavy atom. The highest BCUT2D eigenvalue weighted by molar-refractivity contribution is 6.42. The molecule has 1 aliphatic heterocycles. The van der Waals surface area contributed by atoms with Gasteiger partial charge in [-0.05, 0) is 35.9 Å². The highest BCUT2D eigenvalue weighted by Gasteiger charge is 2.55. The van der Waals surface area contributed by atoms with Gasteiger partial charge in [0.1, 0.15) is 0 Å². The van der Waals surface area contributed by atoms with Crippen LogP contribution in [0.1, 0.15) is 11.1 Å². The van der Waals surface area contributed by atoms with Gasteiger partial charge in [-0.3, -0.25) is 9.59 Å². The Morgan fingerprint density at radius 3 is 2.34 bits per heavy atom. The van der Waals surface area contributed by atoms with Crippen LogP contribution in [0.3, 0.4) is 0 Å². The van der Waals surface area contributed by atoms with Crippen molar-refractivity contribution in [3.8, 4) is 0 Å². The summed E-state index contributed by atoms with van der Waals surface area (Å²) in [6.45, 7) is 0. The van der Waals surface area contributed by atoms with Gasteiger partial charge in [-0.15, -0.1) is 0 Å². The van der Waals surface area contributed by atoms with Gasteiger partial charge in [0, 0.05) is 34.6 Å². The zero-order valence-electron chi connectivity index (χ0n) is 16.8. The number of aldehydes is 1. The number of fused-ring (bicyclic) bond motifs is 1. The third-order valence-electron chi connectivity index (χ3n) is 5.52. The number of carbonyl (C=O) groups is 2. The Bertz CT molecular complexity index is 1260. The Kier molecular flexibility index (Phi) is 5.91. The van der Waals surface area contributed by atoms with Crippen LogP contribution in [-0.4, -0.2) is 24.3 Å².